The van der Waals surface area contributed by atoms with E-state index < -0.39 is 7.12 Å². The lowest BCUT2D eigenvalue weighted by atomic mass is 9.81. The zero-order chi connectivity index (χ0) is 10.3. The molecular weight excluding hydrogens is 179 g/mol. The molecule has 0 atom stereocenters. The molecule has 2 aromatic heterocycles. The first-order valence-corrected chi connectivity index (χ1v) is 4.41. The third-order valence-corrected chi connectivity index (χ3v) is 2.49. The van der Waals surface area contributed by atoms with Crippen LogP contribution in [0.2, 0.25) is 0 Å². The van der Waals surface area contributed by atoms with Crippen LogP contribution in [0.3, 0.4) is 0 Å². The first kappa shape index (κ1) is 9.24. The Morgan fingerprint density at radius 2 is 2.00 bits per heavy atom. The smallest absolute Gasteiger partial charge is 0.423 e. The fourth-order valence-corrected chi connectivity index (χ4v) is 1.50. The van der Waals surface area contributed by atoms with Crippen molar-refractivity contribution in [2.45, 2.75) is 13.8 Å². The minimum atomic E-state index is -1.46. The van der Waals surface area contributed by atoms with Crippen molar-refractivity contribution in [2.24, 2.45) is 0 Å². The van der Waals surface area contributed by atoms with Crippen LogP contribution in [-0.4, -0.2) is 26.8 Å². The van der Waals surface area contributed by atoms with Crippen molar-refractivity contribution in [2.75, 3.05) is 0 Å². The molecule has 2 rings (SSSR count). The summed E-state index contributed by atoms with van der Waals surface area (Å²) in [6.07, 6.45) is 1.48. The molecule has 2 heterocycles. The second kappa shape index (κ2) is 3.11. The molecule has 0 radical (unpaired) electrons. The van der Waals surface area contributed by atoms with Gasteiger partial charge in [0.2, 0.25) is 0 Å². The van der Waals surface area contributed by atoms with Crippen LogP contribution in [-0.2, 0) is 0 Å². The number of aromatic nitrogens is 2. The molecule has 0 aliphatic heterocycles. The van der Waals surface area contributed by atoms with Crippen molar-refractivity contribution in [3.05, 3.63) is 29.6 Å². The van der Waals surface area contributed by atoms with Crippen molar-refractivity contribution in [1.29, 1.82) is 0 Å². The molecule has 2 N–H and O–H groups in total. The molecule has 0 saturated heterocycles. The molecule has 0 aromatic carbocycles. The van der Waals surface area contributed by atoms with E-state index in [1.165, 1.54) is 6.20 Å². The molecule has 0 aliphatic carbocycles. The maximum absolute atomic E-state index is 9.07. The lowest BCUT2D eigenvalue weighted by Gasteiger charge is -2.03. The Labute approximate surface area is 81.9 Å². The van der Waals surface area contributed by atoms with Crippen LogP contribution >= 0.6 is 0 Å². The Morgan fingerprint density at radius 3 is 2.64 bits per heavy atom. The van der Waals surface area contributed by atoms with E-state index in [1.54, 1.807) is 4.52 Å². The van der Waals surface area contributed by atoms with E-state index in [2.05, 4.69) is 5.10 Å². The summed E-state index contributed by atoms with van der Waals surface area (Å²) in [5.74, 6) is 0. The largest absolute Gasteiger partial charge is 0.492 e. The van der Waals surface area contributed by atoms with Gasteiger partial charge in [0.1, 0.15) is 0 Å². The molecule has 0 unspecified atom stereocenters. The number of nitrogens with zero attached hydrogens (tertiary/aromatic N) is 2. The van der Waals surface area contributed by atoms with Gasteiger partial charge in [-0.05, 0) is 25.5 Å². The Morgan fingerprint density at radius 1 is 1.29 bits per heavy atom. The molecule has 0 bridgehead atoms. The number of rotatable bonds is 1. The van der Waals surface area contributed by atoms with Crippen LogP contribution in [0.25, 0.3) is 5.52 Å². The van der Waals surface area contributed by atoms with Crippen molar-refractivity contribution in [3.8, 4) is 0 Å². The fraction of sp³-hybridized carbons (Fsp3) is 0.222. The minimum Gasteiger partial charge on any atom is -0.423 e. The molecule has 0 fully saturated rings. The zero-order valence-electron chi connectivity index (χ0n) is 8.10. The quantitative estimate of drug-likeness (QED) is 0.603. The lowest BCUT2D eigenvalue weighted by molar-refractivity contribution is 0.426. The predicted octanol–water partition coefficient (Wildman–Crippen LogP) is -0.369. The zero-order valence-corrected chi connectivity index (χ0v) is 8.10. The first-order valence-electron chi connectivity index (χ1n) is 4.41. The van der Waals surface area contributed by atoms with E-state index in [-0.39, 0.29) is 0 Å². The molecule has 5 heteroatoms. The van der Waals surface area contributed by atoms with Gasteiger partial charge in [-0.1, -0.05) is 6.07 Å². The summed E-state index contributed by atoms with van der Waals surface area (Å²) in [6, 6.07) is 3.78. The van der Waals surface area contributed by atoms with Gasteiger partial charge >= 0.3 is 7.12 Å². The summed E-state index contributed by atoms with van der Waals surface area (Å²) in [4.78, 5) is 0. The summed E-state index contributed by atoms with van der Waals surface area (Å²) < 4.78 is 1.71. The van der Waals surface area contributed by atoms with Crippen LogP contribution in [0.5, 0.6) is 0 Å². The molecule has 14 heavy (non-hydrogen) atoms. The lowest BCUT2D eigenvalue weighted by Crippen LogP contribution is -2.29. The van der Waals surface area contributed by atoms with Crippen molar-refractivity contribution in [1.82, 2.24) is 9.61 Å². The number of fused-ring (bicyclic) bond motifs is 1. The van der Waals surface area contributed by atoms with Crippen LogP contribution in [0.15, 0.2) is 18.3 Å². The predicted molar refractivity (Wildman–Crippen MR) is 54.5 cm³/mol. The fourth-order valence-electron chi connectivity index (χ4n) is 1.50. The van der Waals surface area contributed by atoms with E-state index in [4.69, 9.17) is 10.0 Å². The molecule has 0 saturated carbocycles. The van der Waals surface area contributed by atoms with Gasteiger partial charge in [0.05, 0.1) is 5.52 Å². The van der Waals surface area contributed by atoms with Gasteiger partial charge in [0.25, 0.3) is 0 Å². The van der Waals surface area contributed by atoms with Crippen molar-refractivity contribution >= 4 is 18.1 Å². The molecule has 72 valence electrons. The van der Waals surface area contributed by atoms with Gasteiger partial charge < -0.3 is 10.0 Å². The van der Waals surface area contributed by atoms with Gasteiger partial charge in [-0.2, -0.15) is 5.10 Å². The molecule has 0 spiro atoms. The van der Waals surface area contributed by atoms with Crippen LogP contribution < -0.4 is 5.46 Å². The maximum atomic E-state index is 9.07. The van der Waals surface area contributed by atoms with Gasteiger partial charge in [-0.3, -0.25) is 0 Å². The highest BCUT2D eigenvalue weighted by Crippen LogP contribution is 2.09. The Hall–Kier alpha value is -1.33. The topological polar surface area (TPSA) is 57.8 Å². The SMILES string of the molecule is Cc1ccc2c(B(O)O)cnn2c1C. The molecule has 2 aromatic rings. The standard InChI is InChI=1S/C9H11BN2O2/c1-6-3-4-9-8(10(13)14)5-11-12(9)7(6)2/h3-5,13-14H,1-2H3. The van der Waals surface area contributed by atoms with Crippen LogP contribution in [0, 0.1) is 13.8 Å². The van der Waals surface area contributed by atoms with Gasteiger partial charge in [-0.25, -0.2) is 4.52 Å². The monoisotopic (exact) mass is 190 g/mol. The number of aryl methyl sites for hydroxylation is 2. The average Bonchev–Trinajstić information content (AvgIpc) is 2.55. The average molecular weight is 190 g/mol. The molecule has 0 aliphatic rings. The highest BCUT2D eigenvalue weighted by atomic mass is 16.4. The third kappa shape index (κ3) is 1.22. The van der Waals surface area contributed by atoms with E-state index in [0.717, 1.165) is 16.8 Å². The van der Waals surface area contributed by atoms with Crippen molar-refractivity contribution < 1.29 is 10.0 Å². The van der Waals surface area contributed by atoms with E-state index in [9.17, 15) is 0 Å². The highest BCUT2D eigenvalue weighted by Gasteiger charge is 2.17. The summed E-state index contributed by atoms with van der Waals surface area (Å²) in [6.45, 7) is 3.94. The summed E-state index contributed by atoms with van der Waals surface area (Å²) in [5, 5.41) is 22.2. The van der Waals surface area contributed by atoms with Crippen molar-refractivity contribution in [3.63, 3.8) is 0 Å². The number of hydrogen-bond donors (Lipinski definition) is 2. The molecule has 4 nitrogen and oxygen atoms in total. The highest BCUT2D eigenvalue weighted by molar-refractivity contribution is 6.61. The number of pyridine rings is 1. The Balaban J connectivity index is 2.77. The molecule has 0 amide bonds. The summed E-state index contributed by atoms with van der Waals surface area (Å²) in [5.41, 5.74) is 3.31. The number of hydrogen-bond acceptors (Lipinski definition) is 3. The van der Waals surface area contributed by atoms with Crippen LogP contribution in [0.4, 0.5) is 0 Å². The minimum absolute atomic E-state index is 0.438. The first-order chi connectivity index (χ1) is 6.61. The normalized spacial score (nSPS) is 10.9. The van der Waals surface area contributed by atoms with E-state index in [0.29, 0.717) is 5.46 Å². The second-order valence-corrected chi connectivity index (χ2v) is 3.37. The van der Waals surface area contributed by atoms with Gasteiger partial charge in [0.15, 0.2) is 0 Å². The van der Waals surface area contributed by atoms with Gasteiger partial charge in [-0.15, -0.1) is 0 Å². The molecular formula is C9H11BN2O2. The van der Waals surface area contributed by atoms with Crippen LogP contribution in [0.1, 0.15) is 11.3 Å². The summed E-state index contributed by atoms with van der Waals surface area (Å²) >= 11 is 0. The van der Waals surface area contributed by atoms with Gasteiger partial charge in [0, 0.05) is 17.4 Å². The maximum Gasteiger partial charge on any atom is 0.492 e. The Bertz CT molecular complexity index is 479. The second-order valence-electron chi connectivity index (χ2n) is 3.37. The summed E-state index contributed by atoms with van der Waals surface area (Å²) in [7, 11) is -1.46. The third-order valence-electron chi connectivity index (χ3n) is 2.49. The van der Waals surface area contributed by atoms with E-state index >= 15 is 0 Å². The van der Waals surface area contributed by atoms with E-state index in [1.807, 2.05) is 26.0 Å². The Kier molecular flexibility index (Phi) is 2.05.